The van der Waals surface area contributed by atoms with Crippen LogP contribution in [0.5, 0.6) is 28.7 Å². The number of cyclic esters (lactones) is 1. The highest BCUT2D eigenvalue weighted by Crippen LogP contribution is 2.55. The number of ether oxygens (including phenoxy) is 6. The van der Waals surface area contributed by atoms with Crippen LogP contribution in [0.1, 0.15) is 28.7 Å². The molecule has 4 atom stereocenters. The molecule has 2 heterocycles. The molecule has 0 bridgehead atoms. The van der Waals surface area contributed by atoms with Gasteiger partial charge in [-0.2, -0.15) is 0 Å². The van der Waals surface area contributed by atoms with Crippen molar-refractivity contribution in [3.05, 3.63) is 41.0 Å². The number of esters is 1. The zero-order valence-corrected chi connectivity index (χ0v) is 16.8. The third-order valence-electron chi connectivity index (χ3n) is 6.19. The van der Waals surface area contributed by atoms with Crippen LogP contribution in [0.15, 0.2) is 24.3 Å². The van der Waals surface area contributed by atoms with Crippen molar-refractivity contribution >= 4 is 5.97 Å². The molecule has 5 rings (SSSR count). The molecule has 1 N–H and O–H groups in total. The van der Waals surface area contributed by atoms with Gasteiger partial charge in [-0.15, -0.1) is 0 Å². The van der Waals surface area contributed by atoms with Crippen molar-refractivity contribution < 1.29 is 38.3 Å². The number of carbonyl (C=O) groups excluding carboxylic acids is 1. The minimum absolute atomic E-state index is 0.123. The van der Waals surface area contributed by atoms with Gasteiger partial charge in [0.2, 0.25) is 12.5 Å². The summed E-state index contributed by atoms with van der Waals surface area (Å²) in [4.78, 5) is 12.7. The van der Waals surface area contributed by atoms with E-state index in [9.17, 15) is 9.90 Å². The Morgan fingerprint density at radius 3 is 2.13 bits per heavy atom. The summed E-state index contributed by atoms with van der Waals surface area (Å²) < 4.78 is 32.9. The van der Waals surface area contributed by atoms with Crippen LogP contribution in [0.3, 0.4) is 0 Å². The van der Waals surface area contributed by atoms with Gasteiger partial charge in [0.1, 0.15) is 0 Å². The van der Waals surface area contributed by atoms with E-state index in [4.69, 9.17) is 28.4 Å². The number of hydrogen-bond donors (Lipinski definition) is 1. The van der Waals surface area contributed by atoms with Crippen molar-refractivity contribution in [2.45, 2.75) is 12.0 Å². The lowest BCUT2D eigenvalue weighted by Crippen LogP contribution is -2.34. The van der Waals surface area contributed by atoms with E-state index in [-0.39, 0.29) is 31.2 Å². The van der Waals surface area contributed by atoms with Gasteiger partial charge in [0.15, 0.2) is 23.0 Å². The molecule has 2 aromatic carbocycles. The molecule has 3 aliphatic rings. The van der Waals surface area contributed by atoms with E-state index in [1.807, 2.05) is 18.2 Å². The third kappa shape index (κ3) is 2.60. The first-order valence-electron chi connectivity index (χ1n) is 9.65. The SMILES string of the molecule is COc1cc(C2c3cc4c(cc3C(O)[C@H]3COC(=O)[C@@H]23)OCO4)cc(OC)c1OC. The first kappa shape index (κ1) is 18.9. The summed E-state index contributed by atoms with van der Waals surface area (Å²) in [6.45, 7) is 0.289. The highest BCUT2D eigenvalue weighted by Gasteiger charge is 2.52. The summed E-state index contributed by atoms with van der Waals surface area (Å²) in [7, 11) is 4.63. The Bertz CT molecular complexity index is 991. The van der Waals surface area contributed by atoms with Gasteiger partial charge in [-0.05, 0) is 41.0 Å². The summed E-state index contributed by atoms with van der Waals surface area (Å²) in [5.41, 5.74) is 2.30. The topological polar surface area (TPSA) is 92.7 Å². The lowest BCUT2D eigenvalue weighted by molar-refractivity contribution is -0.141. The third-order valence-corrected chi connectivity index (χ3v) is 6.19. The number of carbonyl (C=O) groups is 1. The lowest BCUT2D eigenvalue weighted by atomic mass is 9.66. The summed E-state index contributed by atoms with van der Waals surface area (Å²) in [6, 6.07) is 7.31. The molecule has 8 heteroatoms. The van der Waals surface area contributed by atoms with Crippen LogP contribution >= 0.6 is 0 Å². The van der Waals surface area contributed by atoms with E-state index in [2.05, 4.69) is 0 Å². The maximum absolute atomic E-state index is 12.7. The first-order chi connectivity index (χ1) is 14.6. The van der Waals surface area contributed by atoms with Crippen LogP contribution in [-0.4, -0.2) is 45.8 Å². The molecule has 0 radical (unpaired) electrons. The number of aliphatic hydroxyl groups is 1. The minimum atomic E-state index is -0.843. The molecule has 0 saturated carbocycles. The average molecular weight is 414 g/mol. The van der Waals surface area contributed by atoms with Gasteiger partial charge in [-0.1, -0.05) is 0 Å². The van der Waals surface area contributed by atoms with Crippen molar-refractivity contribution in [2.75, 3.05) is 34.7 Å². The summed E-state index contributed by atoms with van der Waals surface area (Å²) in [5, 5.41) is 11.0. The van der Waals surface area contributed by atoms with Gasteiger partial charge >= 0.3 is 5.97 Å². The van der Waals surface area contributed by atoms with E-state index >= 15 is 0 Å². The highest BCUT2D eigenvalue weighted by molar-refractivity contribution is 5.79. The predicted octanol–water partition coefficient (Wildman–Crippen LogP) is 2.41. The largest absolute Gasteiger partial charge is 0.493 e. The fourth-order valence-electron chi connectivity index (χ4n) is 4.81. The quantitative estimate of drug-likeness (QED) is 0.763. The van der Waals surface area contributed by atoms with Gasteiger partial charge in [0.05, 0.1) is 40.0 Å². The molecule has 158 valence electrons. The lowest BCUT2D eigenvalue weighted by Gasteiger charge is -2.37. The molecule has 2 aliphatic heterocycles. The fraction of sp³-hybridized carbons (Fsp3) is 0.409. The van der Waals surface area contributed by atoms with Gasteiger partial charge in [0.25, 0.3) is 0 Å². The molecule has 2 aromatic rings. The molecule has 0 aromatic heterocycles. The van der Waals surface area contributed by atoms with E-state index < -0.39 is 12.0 Å². The van der Waals surface area contributed by atoms with Crippen molar-refractivity contribution in [3.8, 4) is 28.7 Å². The van der Waals surface area contributed by atoms with Crippen molar-refractivity contribution in [1.82, 2.24) is 0 Å². The maximum atomic E-state index is 12.7. The number of rotatable bonds is 4. The van der Waals surface area contributed by atoms with E-state index in [0.29, 0.717) is 34.3 Å². The number of benzene rings is 2. The molecule has 1 fully saturated rings. The van der Waals surface area contributed by atoms with Crippen LogP contribution in [0, 0.1) is 11.8 Å². The van der Waals surface area contributed by atoms with Gasteiger partial charge in [-0.25, -0.2) is 0 Å². The molecule has 1 saturated heterocycles. The molecule has 0 amide bonds. The van der Waals surface area contributed by atoms with E-state index in [1.165, 1.54) is 7.11 Å². The van der Waals surface area contributed by atoms with Crippen LogP contribution in [0.4, 0.5) is 0 Å². The molecular formula is C22H22O8. The number of methoxy groups -OCH3 is 3. The monoisotopic (exact) mass is 414 g/mol. The van der Waals surface area contributed by atoms with Crippen molar-refractivity contribution in [2.24, 2.45) is 11.8 Å². The molecule has 30 heavy (non-hydrogen) atoms. The zero-order chi connectivity index (χ0) is 21.0. The number of hydrogen-bond acceptors (Lipinski definition) is 8. The Labute approximate surface area is 173 Å². The first-order valence-corrected chi connectivity index (χ1v) is 9.65. The van der Waals surface area contributed by atoms with Crippen LogP contribution in [0.25, 0.3) is 0 Å². The Hall–Kier alpha value is -3.13. The van der Waals surface area contributed by atoms with Crippen LogP contribution in [0.2, 0.25) is 0 Å². The summed E-state index contributed by atoms with van der Waals surface area (Å²) >= 11 is 0. The molecular weight excluding hydrogens is 392 g/mol. The summed E-state index contributed by atoms with van der Waals surface area (Å²) in [6.07, 6.45) is -0.843. The predicted molar refractivity (Wildman–Crippen MR) is 103 cm³/mol. The molecule has 2 unspecified atom stereocenters. The van der Waals surface area contributed by atoms with Gasteiger partial charge < -0.3 is 33.5 Å². The number of fused-ring (bicyclic) bond motifs is 3. The minimum Gasteiger partial charge on any atom is -0.493 e. The van der Waals surface area contributed by atoms with Gasteiger partial charge in [-0.3, -0.25) is 4.79 Å². The standard InChI is InChI=1S/C22H22O8/c1-25-16-4-10(5-17(26-2)21(16)27-3)18-11-6-14-15(30-9-29-14)7-12(11)20(23)13-8-28-22(24)19(13)18/h4-7,13,18-20,23H,8-9H2,1-3H3/t13-,18?,19+,20?/m0/s1. The second kappa shape index (κ2) is 6.98. The smallest absolute Gasteiger partial charge is 0.310 e. The molecule has 8 nitrogen and oxygen atoms in total. The van der Waals surface area contributed by atoms with Crippen molar-refractivity contribution in [1.29, 1.82) is 0 Å². The summed E-state index contributed by atoms with van der Waals surface area (Å²) in [5.74, 6) is 0.989. The van der Waals surface area contributed by atoms with E-state index in [0.717, 1.165) is 11.1 Å². The van der Waals surface area contributed by atoms with Crippen LogP contribution < -0.4 is 23.7 Å². The molecule has 1 aliphatic carbocycles. The second-order valence-corrected chi connectivity index (χ2v) is 7.54. The fourth-order valence-corrected chi connectivity index (χ4v) is 4.81. The highest BCUT2D eigenvalue weighted by atomic mass is 16.7. The zero-order valence-electron chi connectivity index (χ0n) is 16.8. The average Bonchev–Trinajstić information content (AvgIpc) is 3.38. The Morgan fingerprint density at radius 2 is 1.53 bits per heavy atom. The number of aliphatic hydroxyl groups excluding tert-OH is 1. The van der Waals surface area contributed by atoms with Gasteiger partial charge in [0, 0.05) is 11.8 Å². The second-order valence-electron chi connectivity index (χ2n) is 7.54. The Morgan fingerprint density at radius 1 is 0.900 bits per heavy atom. The normalized spacial score (nSPS) is 25.9. The van der Waals surface area contributed by atoms with Crippen LogP contribution in [-0.2, 0) is 9.53 Å². The van der Waals surface area contributed by atoms with Crippen molar-refractivity contribution in [3.63, 3.8) is 0 Å². The molecule has 0 spiro atoms. The van der Waals surface area contributed by atoms with E-state index in [1.54, 1.807) is 20.3 Å². The maximum Gasteiger partial charge on any atom is 0.310 e. The Kier molecular flexibility index (Phi) is 4.39. The Balaban J connectivity index is 1.74.